The van der Waals surface area contributed by atoms with Crippen LogP contribution in [-0.4, -0.2) is 26.6 Å². The molecule has 0 aliphatic carbocycles. The van der Waals surface area contributed by atoms with Gasteiger partial charge in [-0.25, -0.2) is 13.1 Å². The highest BCUT2D eigenvalue weighted by molar-refractivity contribution is 7.89. The molecular weight excluding hydrogens is 420 g/mol. The first-order chi connectivity index (χ1) is 14.9. The Hall–Kier alpha value is -3.65. The first-order valence-corrected chi connectivity index (χ1v) is 10.6. The number of benzene rings is 2. The molecule has 0 aliphatic rings. The molecule has 9 nitrogen and oxygen atoms in total. The van der Waals surface area contributed by atoms with Crippen molar-refractivity contribution in [2.75, 3.05) is 13.7 Å². The molecule has 0 atom stereocenters. The van der Waals surface area contributed by atoms with Crippen LogP contribution in [-0.2, 0) is 21.3 Å². The van der Waals surface area contributed by atoms with Crippen LogP contribution in [0.15, 0.2) is 70.6 Å². The average molecular weight is 440 g/mol. The Morgan fingerprint density at radius 2 is 2.00 bits per heavy atom. The second kappa shape index (κ2) is 9.44. The Morgan fingerprint density at radius 3 is 2.71 bits per heavy atom. The molecule has 3 N–H and O–H groups in total. The first kappa shape index (κ1) is 22.0. The number of rotatable bonds is 8. The van der Waals surface area contributed by atoms with Gasteiger partial charge >= 0.3 is 0 Å². The minimum Gasteiger partial charge on any atom is -0.495 e. The molecule has 0 saturated heterocycles. The van der Waals surface area contributed by atoms with Crippen LogP contribution in [0, 0.1) is 11.3 Å². The van der Waals surface area contributed by atoms with E-state index in [2.05, 4.69) is 15.6 Å². The Kier molecular flexibility index (Phi) is 6.71. The van der Waals surface area contributed by atoms with Gasteiger partial charge in [0, 0.05) is 18.0 Å². The van der Waals surface area contributed by atoms with Crippen LogP contribution in [0.3, 0.4) is 0 Å². The number of hydrogen-bond donors (Lipinski definition) is 2. The summed E-state index contributed by atoms with van der Waals surface area (Å²) < 4.78 is 34.3. The Bertz CT molecular complexity index is 1340. The summed E-state index contributed by atoms with van der Waals surface area (Å²) in [6.45, 7) is -0.0000476. The number of nitriles is 1. The minimum absolute atomic E-state index is 0.0000476. The molecule has 3 rings (SSSR count). The third kappa shape index (κ3) is 4.75. The number of hydrogen-bond acceptors (Lipinski definition) is 7. The van der Waals surface area contributed by atoms with Crippen molar-refractivity contribution >= 4 is 20.9 Å². The summed E-state index contributed by atoms with van der Waals surface area (Å²) in [7, 11) is -2.31. The fourth-order valence-electron chi connectivity index (χ4n) is 3.10. The van der Waals surface area contributed by atoms with Crippen molar-refractivity contribution in [1.82, 2.24) is 9.29 Å². The third-order valence-corrected chi connectivity index (χ3v) is 5.93. The molecule has 0 unspecified atom stereocenters. The Morgan fingerprint density at radius 1 is 1.19 bits per heavy atom. The van der Waals surface area contributed by atoms with Crippen molar-refractivity contribution in [1.29, 1.82) is 5.26 Å². The number of pyridine rings is 1. The molecule has 31 heavy (non-hydrogen) atoms. The second-order valence-corrected chi connectivity index (χ2v) is 8.20. The maximum atomic E-state index is 12.7. The summed E-state index contributed by atoms with van der Waals surface area (Å²) >= 11 is 0. The summed E-state index contributed by atoms with van der Waals surface area (Å²) in [4.78, 5) is 17.0. The molecule has 0 bridgehead atoms. The molecule has 1 aromatic heterocycles. The zero-order valence-corrected chi connectivity index (χ0v) is 17.4. The predicted molar refractivity (Wildman–Crippen MR) is 115 cm³/mol. The van der Waals surface area contributed by atoms with Gasteiger partial charge in [-0.05, 0) is 48.0 Å². The molecular formula is C21H20N4O5S. The zero-order chi connectivity index (χ0) is 22.4. The molecule has 3 aromatic rings. The molecule has 0 spiro atoms. The lowest BCUT2D eigenvalue weighted by Gasteiger charge is -2.15. The fraction of sp³-hybridized carbons (Fsp3) is 0.143. The van der Waals surface area contributed by atoms with Crippen LogP contribution >= 0.6 is 0 Å². The van der Waals surface area contributed by atoms with Crippen molar-refractivity contribution in [3.63, 3.8) is 0 Å². The molecule has 0 fully saturated rings. The van der Waals surface area contributed by atoms with Gasteiger partial charge in [-0.2, -0.15) is 11.2 Å². The molecule has 0 amide bonds. The molecule has 0 radical (unpaired) electrons. The quantitative estimate of drug-likeness (QED) is 0.402. The topological polar surface area (TPSA) is 136 Å². The number of nitrogens with zero attached hydrogens (tertiary/aromatic N) is 2. The summed E-state index contributed by atoms with van der Waals surface area (Å²) in [5.41, 5.74) is 1.36. The third-order valence-electron chi connectivity index (χ3n) is 4.51. The van der Waals surface area contributed by atoms with Crippen molar-refractivity contribution in [2.24, 2.45) is 5.90 Å². The van der Waals surface area contributed by atoms with Crippen LogP contribution in [0.5, 0.6) is 5.75 Å². The zero-order valence-electron chi connectivity index (χ0n) is 16.6. The highest BCUT2D eigenvalue weighted by Gasteiger charge is 2.16. The van der Waals surface area contributed by atoms with Crippen LogP contribution < -0.4 is 20.9 Å². The number of nitrogens with two attached hydrogens (primary N) is 1. The normalized spacial score (nSPS) is 11.5. The van der Waals surface area contributed by atoms with Gasteiger partial charge in [-0.15, -0.1) is 0 Å². The smallest absolute Gasteiger partial charge is 0.255 e. The van der Waals surface area contributed by atoms with Crippen LogP contribution in [0.4, 0.5) is 0 Å². The lowest BCUT2D eigenvalue weighted by Crippen LogP contribution is -2.24. The van der Waals surface area contributed by atoms with Gasteiger partial charge in [-0.3, -0.25) is 9.36 Å². The number of sulfonamides is 1. The van der Waals surface area contributed by atoms with E-state index in [9.17, 15) is 13.2 Å². The molecule has 1 heterocycles. The van der Waals surface area contributed by atoms with Crippen LogP contribution in [0.25, 0.3) is 16.6 Å². The van der Waals surface area contributed by atoms with Gasteiger partial charge in [-0.1, -0.05) is 6.07 Å². The van der Waals surface area contributed by atoms with E-state index in [4.69, 9.17) is 15.9 Å². The number of nitrogens with one attached hydrogen (secondary N) is 1. The number of ether oxygens (including phenoxy) is 1. The maximum absolute atomic E-state index is 12.7. The minimum atomic E-state index is -3.79. The van der Waals surface area contributed by atoms with Gasteiger partial charge in [0.1, 0.15) is 12.0 Å². The fourth-order valence-corrected chi connectivity index (χ4v) is 4.11. The van der Waals surface area contributed by atoms with Gasteiger partial charge in [0.15, 0.2) is 0 Å². The number of fused-ring (bicyclic) bond motifs is 1. The number of methoxy groups -OCH3 is 1. The van der Waals surface area contributed by atoms with E-state index in [1.54, 1.807) is 30.3 Å². The molecule has 0 saturated carbocycles. The van der Waals surface area contributed by atoms with E-state index in [1.807, 2.05) is 0 Å². The summed E-state index contributed by atoms with van der Waals surface area (Å²) in [6, 6.07) is 14.6. The lowest BCUT2D eigenvalue weighted by atomic mass is 10.1. The summed E-state index contributed by atoms with van der Waals surface area (Å²) in [5, 5.41) is 9.54. The Balaban J connectivity index is 2.13. The average Bonchev–Trinajstić information content (AvgIpc) is 2.76. The highest BCUT2D eigenvalue weighted by atomic mass is 32.2. The van der Waals surface area contributed by atoms with Crippen molar-refractivity contribution in [3.05, 3.63) is 76.8 Å². The maximum Gasteiger partial charge on any atom is 0.255 e. The van der Waals surface area contributed by atoms with E-state index in [-0.39, 0.29) is 23.4 Å². The molecule has 10 heteroatoms. The van der Waals surface area contributed by atoms with Gasteiger partial charge in [0.2, 0.25) is 10.0 Å². The standard InChI is InChI=1S/C21H20N4O5S/c1-29-20-7-3-15(9-10-22)13-19(20)25-18-6-5-17(14-16(18)4-8-21(25)26)31(27,28)24-11-2-12-30-23/h2-8,12-14,24H,9,11,23H2,1H3. The molecule has 2 aromatic carbocycles. The van der Waals surface area contributed by atoms with E-state index in [0.717, 1.165) is 11.8 Å². The summed E-state index contributed by atoms with van der Waals surface area (Å²) in [5.74, 6) is 5.30. The van der Waals surface area contributed by atoms with E-state index in [1.165, 1.54) is 36.0 Å². The SMILES string of the molecule is COc1ccc(CC#N)cc1-n1c(=O)ccc2cc(S(=O)(=O)NCC=CON)ccc21. The molecule has 160 valence electrons. The first-order valence-electron chi connectivity index (χ1n) is 9.11. The number of aromatic nitrogens is 1. The van der Waals surface area contributed by atoms with Crippen LogP contribution in [0.2, 0.25) is 0 Å². The van der Waals surface area contributed by atoms with Gasteiger partial charge in [0.05, 0.1) is 35.7 Å². The highest BCUT2D eigenvalue weighted by Crippen LogP contribution is 2.27. The van der Waals surface area contributed by atoms with Crippen molar-refractivity contribution in [3.8, 4) is 17.5 Å². The molecule has 0 aliphatic heterocycles. The largest absolute Gasteiger partial charge is 0.495 e. The lowest BCUT2D eigenvalue weighted by molar-refractivity contribution is 0.260. The van der Waals surface area contributed by atoms with E-state index < -0.39 is 10.0 Å². The van der Waals surface area contributed by atoms with Gasteiger partial charge in [0.25, 0.3) is 5.56 Å². The van der Waals surface area contributed by atoms with Gasteiger partial charge < -0.3 is 9.57 Å². The second-order valence-electron chi connectivity index (χ2n) is 6.43. The van der Waals surface area contributed by atoms with Crippen LogP contribution in [0.1, 0.15) is 5.56 Å². The van der Waals surface area contributed by atoms with Crippen molar-refractivity contribution < 1.29 is 18.0 Å². The van der Waals surface area contributed by atoms with E-state index in [0.29, 0.717) is 22.3 Å². The predicted octanol–water partition coefficient (Wildman–Crippen LogP) is 1.75. The monoisotopic (exact) mass is 440 g/mol. The van der Waals surface area contributed by atoms with E-state index >= 15 is 0 Å². The summed E-state index contributed by atoms with van der Waals surface area (Å²) in [6.07, 6.45) is 2.75. The Labute approximate surface area is 178 Å². The van der Waals surface area contributed by atoms with Crippen molar-refractivity contribution in [2.45, 2.75) is 11.3 Å².